The Kier molecular flexibility index (Phi) is 3.30. The molecule has 0 saturated heterocycles. The second kappa shape index (κ2) is 5.30. The zero-order chi connectivity index (χ0) is 14.2. The molecule has 2 atom stereocenters. The average Bonchev–Trinajstić information content (AvgIpc) is 2.90. The lowest BCUT2D eigenvalue weighted by Gasteiger charge is -2.32. The fraction of sp³-hybridized carbons (Fsp3) is 0.500. The van der Waals surface area contributed by atoms with Crippen molar-refractivity contribution >= 4 is 0 Å². The van der Waals surface area contributed by atoms with Gasteiger partial charge in [0.1, 0.15) is 0 Å². The van der Waals surface area contributed by atoms with Gasteiger partial charge in [-0.05, 0) is 49.7 Å². The summed E-state index contributed by atoms with van der Waals surface area (Å²) in [5, 5.41) is 8.37. The van der Waals surface area contributed by atoms with Gasteiger partial charge in [-0.1, -0.05) is 24.3 Å². The summed E-state index contributed by atoms with van der Waals surface area (Å²) in [6.45, 7) is 0. The van der Waals surface area contributed by atoms with Crippen molar-refractivity contribution in [2.45, 2.75) is 50.6 Å². The van der Waals surface area contributed by atoms with E-state index in [1.165, 1.54) is 55.3 Å². The van der Waals surface area contributed by atoms with Crippen molar-refractivity contribution in [1.82, 2.24) is 15.1 Å². The summed E-state index contributed by atoms with van der Waals surface area (Å²) in [4.78, 5) is 0. The molecule has 110 valence electrons. The van der Waals surface area contributed by atoms with Crippen molar-refractivity contribution < 1.29 is 0 Å². The zero-order valence-electron chi connectivity index (χ0n) is 12.7. The first-order valence-electron chi connectivity index (χ1n) is 8.15. The predicted molar refractivity (Wildman–Crippen MR) is 84.3 cm³/mol. The number of fused-ring (bicyclic) bond motifs is 2. The maximum Gasteiger partial charge on any atom is 0.0540 e. The van der Waals surface area contributed by atoms with Gasteiger partial charge >= 0.3 is 0 Å². The SMILES string of the molecule is Cn1ncc2c1CCCC2NC1CCc2ccccc2C1. The Morgan fingerprint density at radius 2 is 2.00 bits per heavy atom. The standard InChI is InChI=1S/C18H23N3/c1-21-18-8-4-7-17(16(18)12-19-21)20-15-10-9-13-5-2-3-6-14(13)11-15/h2-3,5-6,12,15,17,20H,4,7-11H2,1H3. The van der Waals surface area contributed by atoms with E-state index in [1.54, 1.807) is 5.56 Å². The molecule has 21 heavy (non-hydrogen) atoms. The van der Waals surface area contributed by atoms with Gasteiger partial charge < -0.3 is 5.32 Å². The molecular weight excluding hydrogens is 258 g/mol. The maximum atomic E-state index is 4.45. The Bertz CT molecular complexity index is 644. The van der Waals surface area contributed by atoms with Gasteiger partial charge in [0, 0.05) is 30.4 Å². The lowest BCUT2D eigenvalue weighted by atomic mass is 9.86. The summed E-state index contributed by atoms with van der Waals surface area (Å²) in [5.41, 5.74) is 5.93. The van der Waals surface area contributed by atoms with Gasteiger partial charge in [-0.15, -0.1) is 0 Å². The lowest BCUT2D eigenvalue weighted by Crippen LogP contribution is -2.38. The second-order valence-electron chi connectivity index (χ2n) is 6.49. The van der Waals surface area contributed by atoms with Crippen molar-refractivity contribution in [1.29, 1.82) is 0 Å². The van der Waals surface area contributed by atoms with Gasteiger partial charge in [-0.3, -0.25) is 4.68 Å². The highest BCUT2D eigenvalue weighted by Gasteiger charge is 2.27. The van der Waals surface area contributed by atoms with Crippen molar-refractivity contribution in [3.63, 3.8) is 0 Å². The van der Waals surface area contributed by atoms with Gasteiger partial charge in [0.25, 0.3) is 0 Å². The highest BCUT2D eigenvalue weighted by atomic mass is 15.3. The molecule has 2 unspecified atom stereocenters. The molecule has 1 heterocycles. The molecule has 0 spiro atoms. The molecule has 4 rings (SSSR count). The van der Waals surface area contributed by atoms with Crippen LogP contribution in [0.15, 0.2) is 30.5 Å². The van der Waals surface area contributed by atoms with E-state index in [1.807, 2.05) is 0 Å². The molecule has 2 aromatic rings. The third-order valence-corrected chi connectivity index (χ3v) is 5.16. The fourth-order valence-electron chi connectivity index (χ4n) is 4.00. The summed E-state index contributed by atoms with van der Waals surface area (Å²) >= 11 is 0. The Hall–Kier alpha value is -1.61. The maximum absolute atomic E-state index is 4.45. The predicted octanol–water partition coefficient (Wildman–Crippen LogP) is 2.94. The average molecular weight is 281 g/mol. The van der Waals surface area contributed by atoms with Crippen LogP contribution >= 0.6 is 0 Å². The molecule has 1 aromatic carbocycles. The largest absolute Gasteiger partial charge is 0.307 e. The van der Waals surface area contributed by atoms with Crippen molar-refractivity contribution in [2.24, 2.45) is 7.05 Å². The Labute approximate surface area is 126 Å². The van der Waals surface area contributed by atoms with E-state index in [4.69, 9.17) is 0 Å². The summed E-state index contributed by atoms with van der Waals surface area (Å²) in [6, 6.07) is 10.0. The minimum atomic E-state index is 0.498. The van der Waals surface area contributed by atoms with Crippen LogP contribution in [-0.2, 0) is 26.3 Å². The smallest absolute Gasteiger partial charge is 0.0540 e. The van der Waals surface area contributed by atoms with E-state index in [-0.39, 0.29) is 0 Å². The molecule has 2 aliphatic rings. The number of aryl methyl sites for hydroxylation is 2. The van der Waals surface area contributed by atoms with Gasteiger partial charge in [-0.25, -0.2) is 0 Å². The van der Waals surface area contributed by atoms with Crippen LogP contribution < -0.4 is 5.32 Å². The van der Waals surface area contributed by atoms with Crippen LogP contribution in [0.1, 0.15) is 47.7 Å². The van der Waals surface area contributed by atoms with Gasteiger partial charge in [0.2, 0.25) is 0 Å². The van der Waals surface area contributed by atoms with E-state index < -0.39 is 0 Å². The van der Waals surface area contributed by atoms with Crippen LogP contribution in [0.5, 0.6) is 0 Å². The van der Waals surface area contributed by atoms with Gasteiger partial charge in [0.15, 0.2) is 0 Å². The monoisotopic (exact) mass is 281 g/mol. The molecule has 0 amide bonds. The third-order valence-electron chi connectivity index (χ3n) is 5.16. The zero-order valence-corrected chi connectivity index (χ0v) is 12.7. The van der Waals surface area contributed by atoms with E-state index in [0.717, 1.165) is 0 Å². The molecule has 0 saturated carbocycles. The van der Waals surface area contributed by atoms with Crippen molar-refractivity contribution in [3.05, 3.63) is 52.8 Å². The molecule has 3 heteroatoms. The third kappa shape index (κ3) is 2.40. The Balaban J connectivity index is 1.51. The van der Waals surface area contributed by atoms with Crippen LogP contribution in [0.4, 0.5) is 0 Å². The molecule has 0 radical (unpaired) electrons. The number of aromatic nitrogens is 2. The fourth-order valence-corrected chi connectivity index (χ4v) is 4.00. The van der Waals surface area contributed by atoms with Gasteiger partial charge in [-0.2, -0.15) is 5.10 Å². The van der Waals surface area contributed by atoms with Crippen molar-refractivity contribution in [3.8, 4) is 0 Å². The van der Waals surface area contributed by atoms with Crippen LogP contribution in [0, 0.1) is 0 Å². The lowest BCUT2D eigenvalue weighted by molar-refractivity contribution is 0.366. The number of benzene rings is 1. The number of nitrogens with one attached hydrogen (secondary N) is 1. The molecular formula is C18H23N3. The molecule has 1 aromatic heterocycles. The highest BCUT2D eigenvalue weighted by molar-refractivity contribution is 5.31. The minimum absolute atomic E-state index is 0.498. The molecule has 2 aliphatic carbocycles. The molecule has 0 bridgehead atoms. The van der Waals surface area contributed by atoms with Crippen LogP contribution in [0.2, 0.25) is 0 Å². The summed E-state index contributed by atoms with van der Waals surface area (Å²) in [6.07, 6.45) is 9.40. The first-order chi connectivity index (χ1) is 10.3. The number of rotatable bonds is 2. The molecule has 0 fully saturated rings. The van der Waals surface area contributed by atoms with E-state index >= 15 is 0 Å². The van der Waals surface area contributed by atoms with Crippen LogP contribution in [0.25, 0.3) is 0 Å². The normalized spacial score (nSPS) is 24.4. The highest BCUT2D eigenvalue weighted by Crippen LogP contribution is 2.31. The Morgan fingerprint density at radius 1 is 1.14 bits per heavy atom. The summed E-state index contributed by atoms with van der Waals surface area (Å²) < 4.78 is 2.05. The second-order valence-corrected chi connectivity index (χ2v) is 6.49. The van der Waals surface area contributed by atoms with E-state index in [2.05, 4.69) is 52.6 Å². The van der Waals surface area contributed by atoms with E-state index in [0.29, 0.717) is 12.1 Å². The first-order valence-corrected chi connectivity index (χ1v) is 8.15. The van der Waals surface area contributed by atoms with Crippen LogP contribution in [-0.4, -0.2) is 15.8 Å². The molecule has 3 nitrogen and oxygen atoms in total. The summed E-state index contributed by atoms with van der Waals surface area (Å²) in [7, 11) is 2.07. The summed E-state index contributed by atoms with van der Waals surface area (Å²) in [5.74, 6) is 0. The first kappa shape index (κ1) is 13.1. The quantitative estimate of drug-likeness (QED) is 0.917. The van der Waals surface area contributed by atoms with Gasteiger partial charge in [0.05, 0.1) is 6.20 Å². The topological polar surface area (TPSA) is 29.9 Å². The Morgan fingerprint density at radius 3 is 2.90 bits per heavy atom. The number of hydrogen-bond acceptors (Lipinski definition) is 2. The molecule has 0 aliphatic heterocycles. The number of nitrogens with zero attached hydrogens (tertiary/aromatic N) is 2. The number of hydrogen-bond donors (Lipinski definition) is 1. The minimum Gasteiger partial charge on any atom is -0.307 e. The van der Waals surface area contributed by atoms with E-state index in [9.17, 15) is 0 Å². The molecule has 1 N–H and O–H groups in total. The van der Waals surface area contributed by atoms with Crippen molar-refractivity contribution in [2.75, 3.05) is 0 Å². The van der Waals surface area contributed by atoms with Crippen LogP contribution in [0.3, 0.4) is 0 Å².